The number of carbonyl (C=O) groups excluding carboxylic acids is 1. The van der Waals surface area contributed by atoms with Crippen LogP contribution in [0.2, 0.25) is 0 Å². The Morgan fingerprint density at radius 2 is 1.70 bits per heavy atom. The first-order valence-corrected chi connectivity index (χ1v) is 9.80. The van der Waals surface area contributed by atoms with Gasteiger partial charge in [-0.1, -0.05) is 48.3 Å². The van der Waals surface area contributed by atoms with Crippen molar-refractivity contribution in [2.75, 3.05) is 14.2 Å². The molecule has 2 atom stereocenters. The Bertz CT molecular complexity index is 986. The Hall–Kier alpha value is -3.39. The van der Waals surface area contributed by atoms with E-state index in [0.29, 0.717) is 11.5 Å². The van der Waals surface area contributed by atoms with Crippen molar-refractivity contribution in [3.63, 3.8) is 0 Å². The highest BCUT2D eigenvalue weighted by molar-refractivity contribution is 5.70. The number of amides is 1. The highest BCUT2D eigenvalue weighted by atomic mass is 16.6. The van der Waals surface area contributed by atoms with Gasteiger partial charge in [0, 0.05) is 11.6 Å². The molecule has 1 aliphatic carbocycles. The van der Waals surface area contributed by atoms with Gasteiger partial charge in [-0.25, -0.2) is 4.79 Å². The van der Waals surface area contributed by atoms with Crippen LogP contribution in [-0.2, 0) is 4.74 Å². The number of alkyl carbamates (subject to hydrolysis) is 1. The van der Waals surface area contributed by atoms with Crippen LogP contribution in [-0.4, -0.2) is 25.9 Å². The minimum Gasteiger partial charge on any atom is -0.497 e. The van der Waals surface area contributed by atoms with E-state index < -0.39 is 11.7 Å². The monoisotopic (exact) mass is 405 g/mol. The maximum absolute atomic E-state index is 12.5. The molecule has 1 amide bonds. The molecule has 0 saturated carbocycles. The topological polar surface area (TPSA) is 56.8 Å². The number of methoxy groups -OCH3 is 2. The van der Waals surface area contributed by atoms with Crippen molar-refractivity contribution < 1.29 is 19.0 Å². The second kappa shape index (κ2) is 8.96. The van der Waals surface area contributed by atoms with Gasteiger partial charge < -0.3 is 19.5 Å². The molecule has 0 fully saturated rings. The van der Waals surface area contributed by atoms with Crippen molar-refractivity contribution in [2.24, 2.45) is 5.92 Å². The van der Waals surface area contributed by atoms with Gasteiger partial charge in [-0.2, -0.15) is 0 Å². The number of hydrogen-bond acceptors (Lipinski definition) is 4. The molecule has 0 aromatic heterocycles. The average Bonchev–Trinajstić information content (AvgIpc) is 2.71. The first-order chi connectivity index (χ1) is 14.3. The Morgan fingerprint density at radius 1 is 1.03 bits per heavy atom. The van der Waals surface area contributed by atoms with Gasteiger partial charge in [-0.15, -0.1) is 0 Å². The molecule has 5 nitrogen and oxygen atoms in total. The fraction of sp³-hybridized carbons (Fsp3) is 0.320. The van der Waals surface area contributed by atoms with Crippen molar-refractivity contribution >= 4 is 12.2 Å². The van der Waals surface area contributed by atoms with Gasteiger partial charge in [-0.3, -0.25) is 0 Å². The van der Waals surface area contributed by atoms with E-state index in [4.69, 9.17) is 14.2 Å². The van der Waals surface area contributed by atoms with Crippen molar-refractivity contribution in [1.29, 1.82) is 0 Å². The molecule has 0 bridgehead atoms. The van der Waals surface area contributed by atoms with Gasteiger partial charge in [0.25, 0.3) is 0 Å². The summed E-state index contributed by atoms with van der Waals surface area (Å²) in [6.45, 7) is 5.53. The lowest BCUT2D eigenvalue weighted by molar-refractivity contribution is 0.0497. The van der Waals surface area contributed by atoms with Crippen molar-refractivity contribution in [3.05, 3.63) is 65.2 Å². The molecule has 0 radical (unpaired) electrons. The molecule has 2 aromatic carbocycles. The largest absolute Gasteiger partial charge is 0.497 e. The molecule has 3 rings (SSSR count). The third-order valence-electron chi connectivity index (χ3n) is 4.58. The number of nitrogens with one attached hydrogen (secondary N) is 1. The van der Waals surface area contributed by atoms with Crippen LogP contribution in [0.4, 0.5) is 4.79 Å². The third-order valence-corrected chi connectivity index (χ3v) is 4.58. The maximum atomic E-state index is 12.5. The summed E-state index contributed by atoms with van der Waals surface area (Å²) in [5.74, 6) is 7.60. The normalized spacial score (nSPS) is 17.2. The van der Waals surface area contributed by atoms with Crippen LogP contribution in [0, 0.1) is 17.8 Å². The summed E-state index contributed by atoms with van der Waals surface area (Å²) in [6, 6.07) is 13.1. The quantitative estimate of drug-likeness (QED) is 0.733. The van der Waals surface area contributed by atoms with Crippen LogP contribution in [0.3, 0.4) is 0 Å². The van der Waals surface area contributed by atoms with E-state index in [1.807, 2.05) is 69.3 Å². The van der Waals surface area contributed by atoms with Crippen LogP contribution < -0.4 is 14.8 Å². The van der Waals surface area contributed by atoms with Gasteiger partial charge >= 0.3 is 6.09 Å². The van der Waals surface area contributed by atoms with E-state index in [0.717, 1.165) is 16.7 Å². The van der Waals surface area contributed by atoms with E-state index in [1.165, 1.54) is 0 Å². The van der Waals surface area contributed by atoms with E-state index in [1.54, 1.807) is 20.3 Å². The van der Waals surface area contributed by atoms with Gasteiger partial charge in [0.15, 0.2) is 0 Å². The smallest absolute Gasteiger partial charge is 0.408 e. The second-order valence-corrected chi connectivity index (χ2v) is 8.01. The molecule has 2 aromatic rings. The zero-order valence-corrected chi connectivity index (χ0v) is 18.0. The number of fused-ring (bicyclic) bond motifs is 1. The zero-order chi connectivity index (χ0) is 21.7. The Balaban J connectivity index is 1.92. The lowest BCUT2D eigenvalue weighted by Crippen LogP contribution is -2.38. The molecule has 30 heavy (non-hydrogen) atoms. The van der Waals surface area contributed by atoms with Gasteiger partial charge in [-0.05, 0) is 44.0 Å². The van der Waals surface area contributed by atoms with Crippen LogP contribution in [0.25, 0.3) is 6.08 Å². The summed E-state index contributed by atoms with van der Waals surface area (Å²) < 4.78 is 16.1. The standard InChI is InChI=1S/C25H27NO4/c1-25(2,3)30-24(27)26-23-19(13-12-18-8-6-7-9-22(18)23)11-10-17-14-20(28-4)16-21(15-17)29-5/h6-9,12-16,19,23H,1-5H3,(H,26,27)/t19-,23-/m1/s1. The molecule has 0 heterocycles. The summed E-state index contributed by atoms with van der Waals surface area (Å²) in [7, 11) is 3.21. The fourth-order valence-electron chi connectivity index (χ4n) is 3.24. The molecule has 0 aliphatic heterocycles. The molecule has 0 spiro atoms. The van der Waals surface area contributed by atoms with Crippen LogP contribution in [0.15, 0.2) is 48.5 Å². The summed E-state index contributed by atoms with van der Waals surface area (Å²) in [5.41, 5.74) is 2.26. The first-order valence-electron chi connectivity index (χ1n) is 9.80. The minimum atomic E-state index is -0.577. The lowest BCUT2D eigenvalue weighted by Gasteiger charge is -2.29. The molecule has 1 N–H and O–H groups in total. The summed E-state index contributed by atoms with van der Waals surface area (Å²) in [6.07, 6.45) is 3.58. The fourth-order valence-corrected chi connectivity index (χ4v) is 3.24. The number of ether oxygens (including phenoxy) is 3. The Morgan fingerprint density at radius 3 is 2.33 bits per heavy atom. The van der Waals surface area contributed by atoms with E-state index in [-0.39, 0.29) is 12.0 Å². The molecule has 0 unspecified atom stereocenters. The third kappa shape index (κ3) is 5.36. The van der Waals surface area contributed by atoms with Crippen LogP contribution in [0.5, 0.6) is 11.5 Å². The zero-order valence-electron chi connectivity index (χ0n) is 18.0. The molecule has 156 valence electrons. The lowest BCUT2D eigenvalue weighted by atomic mass is 9.85. The first kappa shape index (κ1) is 21.3. The Kier molecular flexibility index (Phi) is 6.37. The predicted molar refractivity (Wildman–Crippen MR) is 118 cm³/mol. The van der Waals surface area contributed by atoms with Crippen molar-refractivity contribution in [2.45, 2.75) is 32.4 Å². The second-order valence-electron chi connectivity index (χ2n) is 8.01. The van der Waals surface area contributed by atoms with E-state index in [9.17, 15) is 4.79 Å². The van der Waals surface area contributed by atoms with Crippen LogP contribution in [0.1, 0.15) is 43.5 Å². The molecular formula is C25H27NO4. The SMILES string of the molecule is COc1cc(C#C[C@@H]2C=Cc3ccccc3[C@@H]2NC(=O)OC(C)(C)C)cc(OC)c1. The van der Waals surface area contributed by atoms with Crippen molar-refractivity contribution in [3.8, 4) is 23.3 Å². The van der Waals surface area contributed by atoms with E-state index in [2.05, 4.69) is 17.2 Å². The minimum absolute atomic E-state index is 0.218. The van der Waals surface area contributed by atoms with Gasteiger partial charge in [0.1, 0.15) is 17.1 Å². The molecular weight excluding hydrogens is 378 g/mol. The van der Waals surface area contributed by atoms with E-state index >= 15 is 0 Å². The molecule has 0 saturated heterocycles. The number of rotatable bonds is 3. The predicted octanol–water partition coefficient (Wildman–Crippen LogP) is 4.96. The molecule has 5 heteroatoms. The average molecular weight is 405 g/mol. The number of hydrogen-bond donors (Lipinski definition) is 1. The maximum Gasteiger partial charge on any atom is 0.408 e. The summed E-state index contributed by atoms with van der Waals surface area (Å²) >= 11 is 0. The Labute approximate surface area is 178 Å². The van der Waals surface area contributed by atoms with Crippen molar-refractivity contribution in [1.82, 2.24) is 5.32 Å². The van der Waals surface area contributed by atoms with Gasteiger partial charge in [0.2, 0.25) is 0 Å². The highest BCUT2D eigenvalue weighted by Crippen LogP contribution is 2.32. The molecule has 1 aliphatic rings. The summed E-state index contributed by atoms with van der Waals surface area (Å²) in [4.78, 5) is 12.5. The highest BCUT2D eigenvalue weighted by Gasteiger charge is 2.28. The number of carbonyl (C=O) groups is 1. The number of benzene rings is 2. The van der Waals surface area contributed by atoms with Gasteiger partial charge in [0.05, 0.1) is 26.2 Å². The summed E-state index contributed by atoms with van der Waals surface area (Å²) in [5, 5.41) is 3.00. The van der Waals surface area contributed by atoms with Crippen LogP contribution >= 0.6 is 0 Å².